The number of amides is 2. The van der Waals surface area contributed by atoms with Crippen molar-refractivity contribution in [1.82, 2.24) is 15.2 Å². The van der Waals surface area contributed by atoms with Crippen molar-refractivity contribution in [2.24, 2.45) is 11.8 Å². The van der Waals surface area contributed by atoms with Gasteiger partial charge in [0.1, 0.15) is 11.4 Å². The summed E-state index contributed by atoms with van der Waals surface area (Å²) in [6.45, 7) is 3.37. The van der Waals surface area contributed by atoms with Gasteiger partial charge in [0, 0.05) is 30.1 Å². The molecule has 2 amide bonds. The number of fused-ring (bicyclic) bond motifs is 3. The lowest BCUT2D eigenvalue weighted by atomic mass is 9.89. The second-order valence-corrected chi connectivity index (χ2v) is 8.31. The van der Waals surface area contributed by atoms with E-state index in [1.54, 1.807) is 10.9 Å². The minimum Gasteiger partial charge on any atom is -0.362 e. The van der Waals surface area contributed by atoms with Crippen molar-refractivity contribution in [3.63, 3.8) is 0 Å². The van der Waals surface area contributed by atoms with E-state index in [2.05, 4.69) is 15.6 Å². The molecule has 6 nitrogen and oxygen atoms in total. The monoisotopic (exact) mass is 368 g/mol. The predicted molar refractivity (Wildman–Crippen MR) is 99.2 cm³/mol. The Balaban J connectivity index is 1.42. The highest BCUT2D eigenvalue weighted by atomic mass is 32.1. The molecule has 0 radical (unpaired) electrons. The summed E-state index contributed by atoms with van der Waals surface area (Å²) >= 11 is 1.44. The molecule has 5 rings (SSSR count). The van der Waals surface area contributed by atoms with Crippen LogP contribution in [0.2, 0.25) is 0 Å². The third kappa shape index (κ3) is 2.26. The number of thiazole rings is 1. The van der Waals surface area contributed by atoms with Crippen molar-refractivity contribution in [1.29, 1.82) is 0 Å². The molecule has 2 fully saturated rings. The zero-order valence-electron chi connectivity index (χ0n) is 14.5. The summed E-state index contributed by atoms with van der Waals surface area (Å²) in [6.07, 6.45) is 1.89. The van der Waals surface area contributed by atoms with Gasteiger partial charge < -0.3 is 15.5 Å². The van der Waals surface area contributed by atoms with E-state index >= 15 is 0 Å². The van der Waals surface area contributed by atoms with Gasteiger partial charge in [0.25, 0.3) is 11.8 Å². The molecule has 7 heteroatoms. The van der Waals surface area contributed by atoms with Crippen molar-refractivity contribution < 1.29 is 9.59 Å². The number of nitrogens with zero attached hydrogens (tertiary/aromatic N) is 2. The molecule has 1 aromatic carbocycles. The standard InChI is InChI=1S/C19H20N4O2S/c1-11-2-3-15-13(6-11)17(24)22-19(21-15)5-4-12-7-23(8-14(12)19)18(25)16-9-26-10-20-16/h2-3,6,9-10,12,14,21H,4-5,7-8H2,1H3,(H,22,24)/t12-,14+,19-/m0/s1. The smallest absolute Gasteiger partial charge is 0.273 e. The highest BCUT2D eigenvalue weighted by Gasteiger charge is 2.55. The number of rotatable bonds is 1. The number of benzene rings is 1. The average Bonchev–Trinajstić information content (AvgIpc) is 3.34. The molecule has 2 aliphatic heterocycles. The lowest BCUT2D eigenvalue weighted by Gasteiger charge is -2.42. The molecule has 1 saturated carbocycles. The van der Waals surface area contributed by atoms with Crippen molar-refractivity contribution >= 4 is 28.8 Å². The first kappa shape index (κ1) is 15.8. The Morgan fingerprint density at radius 3 is 3.04 bits per heavy atom. The fourth-order valence-electron chi connectivity index (χ4n) is 4.77. The highest BCUT2D eigenvalue weighted by molar-refractivity contribution is 7.07. The van der Waals surface area contributed by atoms with Gasteiger partial charge >= 0.3 is 0 Å². The number of hydrogen-bond acceptors (Lipinski definition) is 5. The van der Waals surface area contributed by atoms with E-state index in [0.717, 1.165) is 30.6 Å². The third-order valence-electron chi connectivity index (χ3n) is 6.04. The van der Waals surface area contributed by atoms with E-state index in [1.807, 2.05) is 30.0 Å². The molecule has 1 aliphatic carbocycles. The van der Waals surface area contributed by atoms with Crippen LogP contribution in [0, 0.1) is 18.8 Å². The Hall–Kier alpha value is -2.41. The van der Waals surface area contributed by atoms with Gasteiger partial charge in [-0.1, -0.05) is 11.6 Å². The van der Waals surface area contributed by atoms with Crippen LogP contribution >= 0.6 is 11.3 Å². The minimum absolute atomic E-state index is 0.00559. The van der Waals surface area contributed by atoms with Crippen LogP contribution in [0.25, 0.3) is 0 Å². The van der Waals surface area contributed by atoms with Crippen molar-refractivity contribution in [3.05, 3.63) is 45.9 Å². The molecule has 134 valence electrons. The van der Waals surface area contributed by atoms with Gasteiger partial charge in [-0.25, -0.2) is 4.98 Å². The third-order valence-corrected chi connectivity index (χ3v) is 6.62. The topological polar surface area (TPSA) is 74.3 Å². The van der Waals surface area contributed by atoms with Crippen LogP contribution in [0.15, 0.2) is 29.1 Å². The number of aryl methyl sites for hydroxylation is 1. The summed E-state index contributed by atoms with van der Waals surface area (Å²) in [5.41, 5.74) is 4.42. The Labute approximate surface area is 155 Å². The maximum Gasteiger partial charge on any atom is 0.273 e. The Morgan fingerprint density at radius 1 is 1.35 bits per heavy atom. The molecule has 26 heavy (non-hydrogen) atoms. The number of carbonyl (C=O) groups is 2. The van der Waals surface area contributed by atoms with Crippen LogP contribution < -0.4 is 10.6 Å². The molecular weight excluding hydrogens is 348 g/mol. The second kappa shape index (κ2) is 5.54. The van der Waals surface area contributed by atoms with E-state index in [4.69, 9.17) is 0 Å². The normalized spacial score (nSPS) is 29.3. The van der Waals surface area contributed by atoms with Gasteiger partial charge in [0.15, 0.2) is 0 Å². The summed E-state index contributed by atoms with van der Waals surface area (Å²) in [6, 6.07) is 5.94. The molecule has 3 heterocycles. The maximum atomic E-state index is 12.7. The summed E-state index contributed by atoms with van der Waals surface area (Å²) in [5, 5.41) is 8.65. The van der Waals surface area contributed by atoms with Gasteiger partial charge in [0.2, 0.25) is 0 Å². The zero-order valence-corrected chi connectivity index (χ0v) is 15.3. The van der Waals surface area contributed by atoms with Gasteiger partial charge in [0.05, 0.1) is 11.1 Å². The van der Waals surface area contributed by atoms with Crippen molar-refractivity contribution in [2.45, 2.75) is 25.4 Å². The van der Waals surface area contributed by atoms with Crippen LogP contribution in [-0.2, 0) is 0 Å². The van der Waals surface area contributed by atoms with E-state index < -0.39 is 5.66 Å². The van der Waals surface area contributed by atoms with Crippen LogP contribution in [-0.4, -0.2) is 40.5 Å². The number of likely N-dealkylation sites (tertiary alicyclic amines) is 1. The van der Waals surface area contributed by atoms with E-state index in [1.165, 1.54) is 11.3 Å². The summed E-state index contributed by atoms with van der Waals surface area (Å²) in [4.78, 5) is 31.5. The molecule has 2 aromatic rings. The van der Waals surface area contributed by atoms with Gasteiger partial charge in [-0.3, -0.25) is 9.59 Å². The lowest BCUT2D eigenvalue weighted by molar-refractivity contribution is 0.0762. The largest absolute Gasteiger partial charge is 0.362 e. The van der Waals surface area contributed by atoms with Crippen molar-refractivity contribution in [3.8, 4) is 0 Å². The molecule has 0 bridgehead atoms. The highest BCUT2D eigenvalue weighted by Crippen LogP contribution is 2.47. The number of carbonyl (C=O) groups excluding carboxylic acids is 2. The summed E-state index contributed by atoms with van der Waals surface area (Å²) in [5.74, 6) is 0.585. The van der Waals surface area contributed by atoms with Crippen LogP contribution in [0.4, 0.5) is 5.69 Å². The number of nitrogens with one attached hydrogen (secondary N) is 2. The Bertz CT molecular complexity index is 897. The second-order valence-electron chi connectivity index (χ2n) is 7.59. The fourth-order valence-corrected chi connectivity index (χ4v) is 5.30. The van der Waals surface area contributed by atoms with Crippen LogP contribution in [0.5, 0.6) is 0 Å². The Kier molecular flexibility index (Phi) is 3.37. The number of anilines is 1. The van der Waals surface area contributed by atoms with E-state index in [0.29, 0.717) is 23.7 Å². The van der Waals surface area contributed by atoms with Gasteiger partial charge in [-0.15, -0.1) is 11.3 Å². The molecule has 0 unspecified atom stereocenters. The molecule has 3 aliphatic rings. The van der Waals surface area contributed by atoms with E-state index in [-0.39, 0.29) is 17.7 Å². The molecule has 1 saturated heterocycles. The average molecular weight is 368 g/mol. The predicted octanol–water partition coefficient (Wildman–Crippen LogP) is 2.49. The zero-order chi connectivity index (χ0) is 17.9. The SMILES string of the molecule is Cc1ccc2c(c1)C(=O)N[C@]1(CC[C@H]3CN(C(=O)c4cscn4)C[C@H]31)N2. The van der Waals surface area contributed by atoms with Gasteiger partial charge in [-0.2, -0.15) is 0 Å². The molecule has 1 spiro atoms. The summed E-state index contributed by atoms with van der Waals surface area (Å²) < 4.78 is 0. The maximum absolute atomic E-state index is 12.7. The minimum atomic E-state index is -0.457. The fraction of sp³-hybridized carbons (Fsp3) is 0.421. The molecule has 1 aromatic heterocycles. The van der Waals surface area contributed by atoms with Crippen LogP contribution in [0.3, 0.4) is 0 Å². The molecule has 3 atom stereocenters. The molecule has 2 N–H and O–H groups in total. The first-order valence-corrected chi connectivity index (χ1v) is 9.89. The first-order chi connectivity index (χ1) is 12.6. The summed E-state index contributed by atoms with van der Waals surface area (Å²) in [7, 11) is 0. The first-order valence-electron chi connectivity index (χ1n) is 8.94. The number of hydrogen-bond donors (Lipinski definition) is 2. The quantitative estimate of drug-likeness (QED) is 0.811. The lowest BCUT2D eigenvalue weighted by Crippen LogP contribution is -2.61. The van der Waals surface area contributed by atoms with Crippen LogP contribution in [0.1, 0.15) is 39.3 Å². The van der Waals surface area contributed by atoms with E-state index in [9.17, 15) is 9.59 Å². The Morgan fingerprint density at radius 2 is 2.23 bits per heavy atom. The molecular formula is C19H20N4O2S. The number of aromatic nitrogens is 1. The van der Waals surface area contributed by atoms with Gasteiger partial charge in [-0.05, 0) is 37.8 Å². The van der Waals surface area contributed by atoms with Crippen molar-refractivity contribution in [2.75, 3.05) is 18.4 Å².